The number of carbonyl (C=O) groups excluding carboxylic acids is 2. The molecule has 0 saturated carbocycles. The highest BCUT2D eigenvalue weighted by Crippen LogP contribution is 2.37. The molecule has 0 aliphatic carbocycles. The molecule has 53 heavy (non-hydrogen) atoms. The molecule has 0 radical (unpaired) electrons. The average Bonchev–Trinajstić information content (AvgIpc) is 3.95. The Morgan fingerprint density at radius 1 is 0.811 bits per heavy atom. The van der Waals surface area contributed by atoms with E-state index < -0.39 is 54.3 Å². The van der Waals surface area contributed by atoms with Crippen molar-refractivity contribution in [2.75, 3.05) is 41.0 Å². The Labute approximate surface area is 304 Å². The Kier molecular flexibility index (Phi) is 9.61. The topological polar surface area (TPSA) is 163 Å². The quantitative estimate of drug-likeness (QED) is 0.237. The fourth-order valence-corrected chi connectivity index (χ4v) is 6.48. The molecule has 4 aliphatic heterocycles. The molecule has 0 bridgehead atoms. The van der Waals surface area contributed by atoms with Crippen molar-refractivity contribution in [2.45, 2.75) is 64.2 Å². The number of H-pyrrole nitrogens is 1. The van der Waals surface area contributed by atoms with E-state index in [1.165, 1.54) is 27.5 Å². The molecule has 2 atom stereocenters. The summed E-state index contributed by atoms with van der Waals surface area (Å²) in [5.74, 6) is -0.169. The molecule has 1 aromatic heterocycles. The zero-order chi connectivity index (χ0) is 37.7. The van der Waals surface area contributed by atoms with E-state index in [1.54, 1.807) is 30.5 Å². The first-order valence-electron chi connectivity index (χ1n) is 17.1. The van der Waals surface area contributed by atoms with Crippen LogP contribution in [0.5, 0.6) is 0 Å². The zero-order valence-corrected chi connectivity index (χ0v) is 29.6. The number of halogens is 2. The van der Waals surface area contributed by atoms with Crippen LogP contribution in [0.25, 0.3) is 11.1 Å². The molecular weight excluding hydrogens is 693 g/mol. The van der Waals surface area contributed by atoms with Gasteiger partial charge in [0.15, 0.2) is 5.82 Å². The number of ether oxygens (including phenoxy) is 2. The summed E-state index contributed by atoms with van der Waals surface area (Å²) in [6.45, 7) is 8.85. The highest BCUT2D eigenvalue weighted by Gasteiger charge is 2.52. The third-order valence-electron chi connectivity index (χ3n) is 10.2. The predicted molar refractivity (Wildman–Crippen MR) is 190 cm³/mol. The lowest BCUT2D eigenvalue weighted by molar-refractivity contribution is 0.00578. The molecule has 4 aromatic rings. The molecule has 3 N–H and O–H groups in total. The molecule has 0 spiro atoms. The number of aliphatic hydroxyl groups is 2. The normalized spacial score (nSPS) is 21.4. The molecule has 0 unspecified atom stereocenters. The highest BCUT2D eigenvalue weighted by molar-refractivity contribution is 6.62. The monoisotopic (exact) mass is 732 g/mol. The number of cyclic esters (lactones) is 2. The second-order valence-corrected chi connectivity index (χ2v) is 14.2. The van der Waals surface area contributed by atoms with Crippen LogP contribution < -0.4 is 20.2 Å². The van der Waals surface area contributed by atoms with E-state index in [4.69, 9.17) is 29.0 Å². The molecule has 2 amide bonds. The molecule has 3 fully saturated rings. The number of aromatic nitrogens is 3. The van der Waals surface area contributed by atoms with Crippen molar-refractivity contribution in [2.24, 2.45) is 0 Å². The van der Waals surface area contributed by atoms with Crippen LogP contribution in [-0.4, -0.2) is 94.6 Å². The molecule has 8 rings (SSSR count). The maximum Gasteiger partial charge on any atom is 0.497 e. The number of aromatic amines is 1. The largest absolute Gasteiger partial charge is 0.497 e. The lowest BCUT2D eigenvalue weighted by atomic mass is 9.78. The van der Waals surface area contributed by atoms with Crippen LogP contribution in [-0.2, 0) is 31.9 Å². The standard InChI is InChI=1S/C20H18FN5O3.C16H21BFNO5/c21-18-6-15(26-10-16(11-27)29-20(26)28)3-4-17(18)12-1-2-13-8-25(9-14(13)5-12)19-7-22-24-23-19;1-15(2)16(3,4)24-17(23-15)12-6-5-10(7-13(12)18)19-8-11(9-20)22-14(19)21/h1-7,16,27H,8-11H2,(H,22,23,24);5-7,11,20H,8-9H2,1-4H3/t16-;11-/m11/s1. The van der Waals surface area contributed by atoms with Gasteiger partial charge in [0.05, 0.1) is 55.1 Å². The van der Waals surface area contributed by atoms with E-state index >= 15 is 0 Å². The third kappa shape index (κ3) is 7.04. The first-order valence-corrected chi connectivity index (χ1v) is 17.1. The first-order chi connectivity index (χ1) is 25.3. The van der Waals surface area contributed by atoms with E-state index in [-0.39, 0.29) is 31.8 Å². The van der Waals surface area contributed by atoms with Crippen LogP contribution in [0.2, 0.25) is 0 Å². The van der Waals surface area contributed by atoms with Crippen molar-refractivity contribution in [3.8, 4) is 11.1 Å². The van der Waals surface area contributed by atoms with Crippen molar-refractivity contribution >= 4 is 42.0 Å². The van der Waals surface area contributed by atoms with Gasteiger partial charge in [-0.3, -0.25) is 9.80 Å². The number of rotatable bonds is 7. The maximum atomic E-state index is 14.9. The summed E-state index contributed by atoms with van der Waals surface area (Å²) in [6, 6.07) is 15.0. The summed E-state index contributed by atoms with van der Waals surface area (Å²) < 4.78 is 51.2. The fraction of sp³-hybridized carbons (Fsp3) is 0.389. The van der Waals surface area contributed by atoms with Crippen molar-refractivity contribution < 1.29 is 47.4 Å². The summed E-state index contributed by atoms with van der Waals surface area (Å²) in [7, 11) is -0.806. The van der Waals surface area contributed by atoms with Gasteiger partial charge >= 0.3 is 19.3 Å². The van der Waals surface area contributed by atoms with Gasteiger partial charge < -0.3 is 33.9 Å². The van der Waals surface area contributed by atoms with Crippen molar-refractivity contribution in [3.05, 3.63) is 83.6 Å². The van der Waals surface area contributed by atoms with Crippen LogP contribution in [0.15, 0.2) is 60.8 Å². The lowest BCUT2D eigenvalue weighted by Crippen LogP contribution is -2.41. The van der Waals surface area contributed by atoms with E-state index in [2.05, 4.69) is 20.3 Å². The zero-order valence-electron chi connectivity index (χ0n) is 29.6. The Morgan fingerprint density at radius 3 is 1.92 bits per heavy atom. The summed E-state index contributed by atoms with van der Waals surface area (Å²) in [4.78, 5) is 28.4. The minimum absolute atomic E-state index is 0.185. The number of fused-ring (bicyclic) bond motifs is 1. The molecular formula is C36H39BF2N6O8. The van der Waals surface area contributed by atoms with Gasteiger partial charge in [0.2, 0.25) is 0 Å². The Bertz CT molecular complexity index is 2000. The number of amides is 2. The van der Waals surface area contributed by atoms with Crippen LogP contribution in [0.4, 0.5) is 35.6 Å². The molecule has 5 heterocycles. The predicted octanol–water partition coefficient (Wildman–Crippen LogP) is 3.89. The van der Waals surface area contributed by atoms with Gasteiger partial charge in [-0.15, -0.1) is 5.10 Å². The number of anilines is 3. The molecule has 3 saturated heterocycles. The van der Waals surface area contributed by atoms with Crippen LogP contribution >= 0.6 is 0 Å². The number of aliphatic hydroxyl groups excluding tert-OH is 2. The fourth-order valence-electron chi connectivity index (χ4n) is 6.48. The average molecular weight is 733 g/mol. The second-order valence-electron chi connectivity index (χ2n) is 14.2. The van der Waals surface area contributed by atoms with E-state index in [0.717, 1.165) is 23.5 Å². The first kappa shape index (κ1) is 36.3. The van der Waals surface area contributed by atoms with Crippen molar-refractivity contribution in [1.82, 2.24) is 15.4 Å². The van der Waals surface area contributed by atoms with E-state index in [9.17, 15) is 18.4 Å². The van der Waals surface area contributed by atoms with Gasteiger partial charge in [-0.25, -0.2) is 18.4 Å². The van der Waals surface area contributed by atoms with Crippen LogP contribution in [0.1, 0.15) is 38.8 Å². The smallest absolute Gasteiger partial charge is 0.441 e. The molecule has 14 nitrogen and oxygen atoms in total. The second kappa shape index (κ2) is 14.0. The Morgan fingerprint density at radius 2 is 1.40 bits per heavy atom. The van der Waals surface area contributed by atoms with E-state index in [0.29, 0.717) is 23.5 Å². The number of nitrogens with one attached hydrogen (secondary N) is 1. The van der Waals surface area contributed by atoms with E-state index in [1.807, 2.05) is 45.9 Å². The molecule has 4 aliphatic rings. The number of benzene rings is 3. The lowest BCUT2D eigenvalue weighted by Gasteiger charge is -2.32. The third-order valence-corrected chi connectivity index (χ3v) is 10.2. The summed E-state index contributed by atoms with van der Waals surface area (Å²) in [5.41, 5.74) is 3.45. The van der Waals surface area contributed by atoms with Gasteiger partial charge in [-0.2, -0.15) is 10.3 Å². The van der Waals surface area contributed by atoms with Crippen LogP contribution in [0.3, 0.4) is 0 Å². The Balaban J connectivity index is 0.000000168. The van der Waals surface area contributed by atoms with Gasteiger partial charge in [0, 0.05) is 24.1 Å². The summed E-state index contributed by atoms with van der Waals surface area (Å²) in [5, 5.41) is 28.8. The molecule has 3 aromatic carbocycles. The number of carbonyl (C=O) groups is 2. The maximum absolute atomic E-state index is 14.9. The number of nitrogens with zero attached hydrogens (tertiary/aromatic N) is 5. The van der Waals surface area contributed by atoms with Gasteiger partial charge in [-0.05, 0) is 80.8 Å². The van der Waals surface area contributed by atoms with Crippen molar-refractivity contribution in [1.29, 1.82) is 0 Å². The molecule has 17 heteroatoms. The van der Waals surface area contributed by atoms with Gasteiger partial charge in [-0.1, -0.05) is 18.2 Å². The molecule has 278 valence electrons. The van der Waals surface area contributed by atoms with Gasteiger partial charge in [0.25, 0.3) is 0 Å². The number of hydrogen-bond acceptors (Lipinski definition) is 11. The minimum atomic E-state index is -0.806. The minimum Gasteiger partial charge on any atom is -0.441 e. The summed E-state index contributed by atoms with van der Waals surface area (Å²) >= 11 is 0. The van der Waals surface area contributed by atoms with Crippen LogP contribution in [0, 0.1) is 11.6 Å². The number of hydrogen-bond donors (Lipinski definition) is 3. The SMILES string of the molecule is CC1(C)OB(c2ccc(N3C[C@H](CO)OC3=O)cc2F)OC1(C)C.O=C1O[C@@H](CO)CN1c1ccc(-c2ccc3c(c2)CN(c2cn[nH]n2)C3)c(F)c1. The Hall–Kier alpha value is -5.10. The van der Waals surface area contributed by atoms with Gasteiger partial charge in [0.1, 0.15) is 23.8 Å². The van der Waals surface area contributed by atoms with Crippen molar-refractivity contribution in [3.63, 3.8) is 0 Å². The summed E-state index contributed by atoms with van der Waals surface area (Å²) in [6.07, 6.45) is -0.688. The highest BCUT2D eigenvalue weighted by atomic mass is 19.1.